The molecule has 0 saturated carbocycles. The number of carbonyl (C=O) groups excluding carboxylic acids is 2. The lowest BCUT2D eigenvalue weighted by atomic mass is 10.00. The number of hydrogen-bond donors (Lipinski definition) is 1. The molecule has 0 fully saturated rings. The molecular weight excluding hydrogens is 340 g/mol. The SMILES string of the molecule is O=C(Nc1ccc2c(c1)N(C(=O)c1cccnc1)CCC2)c1ccncc1. The molecule has 0 saturated heterocycles. The fraction of sp³-hybridized carbons (Fsp3) is 0.143. The quantitative estimate of drug-likeness (QED) is 0.779. The number of nitrogens with zero attached hydrogens (tertiary/aromatic N) is 3. The number of anilines is 2. The third kappa shape index (κ3) is 3.55. The second-order valence-corrected chi connectivity index (χ2v) is 6.34. The van der Waals surface area contributed by atoms with Crippen LogP contribution >= 0.6 is 0 Å². The van der Waals surface area contributed by atoms with Crippen molar-refractivity contribution in [2.24, 2.45) is 0 Å². The molecule has 0 atom stereocenters. The van der Waals surface area contributed by atoms with Gasteiger partial charge in [0.25, 0.3) is 11.8 Å². The largest absolute Gasteiger partial charge is 0.322 e. The number of aromatic nitrogens is 2. The fourth-order valence-corrected chi connectivity index (χ4v) is 3.21. The van der Waals surface area contributed by atoms with Gasteiger partial charge in [0.1, 0.15) is 0 Å². The lowest BCUT2D eigenvalue weighted by Gasteiger charge is -2.30. The summed E-state index contributed by atoms with van der Waals surface area (Å²) < 4.78 is 0. The zero-order valence-electron chi connectivity index (χ0n) is 14.6. The van der Waals surface area contributed by atoms with E-state index in [9.17, 15) is 9.59 Å². The van der Waals surface area contributed by atoms with Gasteiger partial charge in [-0.05, 0) is 54.8 Å². The number of carbonyl (C=O) groups is 2. The van der Waals surface area contributed by atoms with Crippen LogP contribution in [0.3, 0.4) is 0 Å². The van der Waals surface area contributed by atoms with Crippen molar-refractivity contribution in [3.05, 3.63) is 83.9 Å². The van der Waals surface area contributed by atoms with E-state index in [2.05, 4.69) is 15.3 Å². The van der Waals surface area contributed by atoms with E-state index in [4.69, 9.17) is 0 Å². The normalized spacial score (nSPS) is 13.0. The van der Waals surface area contributed by atoms with Gasteiger partial charge >= 0.3 is 0 Å². The molecule has 27 heavy (non-hydrogen) atoms. The summed E-state index contributed by atoms with van der Waals surface area (Å²) in [6, 6.07) is 12.5. The van der Waals surface area contributed by atoms with Crippen molar-refractivity contribution in [3.8, 4) is 0 Å². The number of amides is 2. The molecule has 2 aromatic heterocycles. The van der Waals surface area contributed by atoms with Crippen LogP contribution in [0.2, 0.25) is 0 Å². The van der Waals surface area contributed by atoms with Crippen molar-refractivity contribution in [3.63, 3.8) is 0 Å². The second kappa shape index (κ2) is 7.37. The van der Waals surface area contributed by atoms with Crippen LogP contribution in [-0.2, 0) is 6.42 Å². The van der Waals surface area contributed by atoms with Crippen molar-refractivity contribution in [2.45, 2.75) is 12.8 Å². The van der Waals surface area contributed by atoms with Gasteiger partial charge in [0.2, 0.25) is 0 Å². The number of pyridine rings is 2. The molecule has 6 nitrogen and oxygen atoms in total. The van der Waals surface area contributed by atoms with Gasteiger partial charge in [-0.15, -0.1) is 0 Å². The molecule has 0 bridgehead atoms. The van der Waals surface area contributed by atoms with E-state index < -0.39 is 0 Å². The van der Waals surface area contributed by atoms with E-state index in [0.29, 0.717) is 23.4 Å². The van der Waals surface area contributed by atoms with Crippen LogP contribution in [-0.4, -0.2) is 28.3 Å². The summed E-state index contributed by atoms with van der Waals surface area (Å²) in [6.45, 7) is 0.641. The van der Waals surface area contributed by atoms with Gasteiger partial charge in [-0.2, -0.15) is 0 Å². The smallest absolute Gasteiger partial charge is 0.259 e. The van der Waals surface area contributed by atoms with Crippen molar-refractivity contribution >= 4 is 23.2 Å². The predicted molar refractivity (Wildman–Crippen MR) is 103 cm³/mol. The van der Waals surface area contributed by atoms with E-state index in [0.717, 1.165) is 24.1 Å². The molecule has 1 N–H and O–H groups in total. The molecule has 4 rings (SSSR count). The molecule has 1 aliphatic rings. The van der Waals surface area contributed by atoms with Gasteiger partial charge in [-0.3, -0.25) is 19.6 Å². The number of nitrogens with one attached hydrogen (secondary N) is 1. The van der Waals surface area contributed by atoms with Crippen molar-refractivity contribution in [1.29, 1.82) is 0 Å². The highest BCUT2D eigenvalue weighted by molar-refractivity contribution is 6.08. The first-order valence-corrected chi connectivity index (χ1v) is 8.78. The lowest BCUT2D eigenvalue weighted by molar-refractivity contribution is 0.0983. The molecule has 134 valence electrons. The van der Waals surface area contributed by atoms with Gasteiger partial charge < -0.3 is 10.2 Å². The van der Waals surface area contributed by atoms with Crippen LogP contribution in [0, 0.1) is 0 Å². The highest BCUT2D eigenvalue weighted by Gasteiger charge is 2.24. The van der Waals surface area contributed by atoms with E-state index in [1.165, 1.54) is 0 Å². The minimum atomic E-state index is -0.210. The van der Waals surface area contributed by atoms with Crippen LogP contribution in [0.1, 0.15) is 32.7 Å². The highest BCUT2D eigenvalue weighted by Crippen LogP contribution is 2.31. The van der Waals surface area contributed by atoms with Crippen LogP contribution in [0.5, 0.6) is 0 Å². The number of rotatable bonds is 3. The summed E-state index contributed by atoms with van der Waals surface area (Å²) in [5.74, 6) is -0.292. The lowest BCUT2D eigenvalue weighted by Crippen LogP contribution is -2.35. The Morgan fingerprint density at radius 3 is 2.59 bits per heavy atom. The maximum Gasteiger partial charge on any atom is 0.259 e. The summed E-state index contributed by atoms with van der Waals surface area (Å²) in [7, 11) is 0. The Balaban J connectivity index is 1.61. The first-order valence-electron chi connectivity index (χ1n) is 8.78. The average Bonchev–Trinajstić information content (AvgIpc) is 2.74. The minimum absolute atomic E-state index is 0.0818. The fourth-order valence-electron chi connectivity index (χ4n) is 3.21. The Hall–Kier alpha value is -3.54. The van der Waals surface area contributed by atoms with Gasteiger partial charge in [0, 0.05) is 48.3 Å². The maximum absolute atomic E-state index is 12.9. The third-order valence-corrected chi connectivity index (χ3v) is 4.56. The molecule has 1 aliphatic heterocycles. The van der Waals surface area contributed by atoms with E-state index >= 15 is 0 Å². The Labute approximate surface area is 156 Å². The van der Waals surface area contributed by atoms with Crippen molar-refractivity contribution in [1.82, 2.24) is 9.97 Å². The molecule has 1 aromatic carbocycles. The Bertz CT molecular complexity index is 974. The molecule has 3 aromatic rings. The zero-order valence-corrected chi connectivity index (χ0v) is 14.6. The number of fused-ring (bicyclic) bond motifs is 1. The Morgan fingerprint density at radius 1 is 0.963 bits per heavy atom. The first kappa shape index (κ1) is 16.9. The molecule has 2 amide bonds. The summed E-state index contributed by atoms with van der Waals surface area (Å²) in [5, 5.41) is 2.89. The summed E-state index contributed by atoms with van der Waals surface area (Å²) in [6.07, 6.45) is 8.19. The summed E-state index contributed by atoms with van der Waals surface area (Å²) >= 11 is 0. The second-order valence-electron chi connectivity index (χ2n) is 6.34. The molecule has 0 aliphatic carbocycles. The van der Waals surface area contributed by atoms with Crippen LogP contribution in [0.4, 0.5) is 11.4 Å². The van der Waals surface area contributed by atoms with E-state index in [1.54, 1.807) is 54.0 Å². The molecule has 6 heteroatoms. The standard InChI is InChI=1S/C21H18N4O2/c26-20(16-7-10-22-11-8-16)24-18-6-5-15-4-2-12-25(19(15)13-18)21(27)17-3-1-9-23-14-17/h1,3,5-11,13-14H,2,4,12H2,(H,24,26). The summed E-state index contributed by atoms with van der Waals surface area (Å²) in [4.78, 5) is 35.0. The van der Waals surface area contributed by atoms with E-state index in [1.807, 2.05) is 18.2 Å². The minimum Gasteiger partial charge on any atom is -0.322 e. The highest BCUT2D eigenvalue weighted by atomic mass is 16.2. The predicted octanol–water partition coefficient (Wildman–Crippen LogP) is 3.32. The van der Waals surface area contributed by atoms with Crippen molar-refractivity contribution < 1.29 is 9.59 Å². The number of benzene rings is 1. The molecule has 0 unspecified atom stereocenters. The average molecular weight is 358 g/mol. The number of aryl methyl sites for hydroxylation is 1. The third-order valence-electron chi connectivity index (χ3n) is 4.56. The van der Waals surface area contributed by atoms with Gasteiger partial charge in [-0.1, -0.05) is 6.07 Å². The maximum atomic E-state index is 12.9. The van der Waals surface area contributed by atoms with Crippen LogP contribution in [0.25, 0.3) is 0 Å². The molecule has 3 heterocycles. The summed E-state index contributed by atoms with van der Waals surface area (Å²) in [5.41, 5.74) is 3.67. The van der Waals surface area contributed by atoms with Crippen LogP contribution in [0.15, 0.2) is 67.3 Å². The molecule has 0 radical (unpaired) electrons. The van der Waals surface area contributed by atoms with Crippen LogP contribution < -0.4 is 10.2 Å². The van der Waals surface area contributed by atoms with Gasteiger partial charge in [-0.25, -0.2) is 0 Å². The molecule has 0 spiro atoms. The number of hydrogen-bond acceptors (Lipinski definition) is 4. The Kier molecular flexibility index (Phi) is 4.61. The Morgan fingerprint density at radius 2 is 1.81 bits per heavy atom. The topological polar surface area (TPSA) is 75.2 Å². The van der Waals surface area contributed by atoms with Crippen molar-refractivity contribution in [2.75, 3.05) is 16.8 Å². The zero-order chi connectivity index (χ0) is 18.6. The molecular formula is C21H18N4O2. The van der Waals surface area contributed by atoms with Gasteiger partial charge in [0.05, 0.1) is 5.56 Å². The van der Waals surface area contributed by atoms with E-state index in [-0.39, 0.29) is 11.8 Å². The first-order chi connectivity index (χ1) is 13.2. The van der Waals surface area contributed by atoms with Gasteiger partial charge in [0.15, 0.2) is 0 Å². The monoisotopic (exact) mass is 358 g/mol.